The molecule has 0 unspecified atom stereocenters. The van der Waals surface area contributed by atoms with Crippen LogP contribution in [0, 0.1) is 6.92 Å². The van der Waals surface area contributed by atoms with Gasteiger partial charge in [0.25, 0.3) is 5.56 Å². The second kappa shape index (κ2) is 7.67. The van der Waals surface area contributed by atoms with Gasteiger partial charge in [-0.2, -0.15) is 9.40 Å². The lowest BCUT2D eigenvalue weighted by atomic mass is 10.2. The van der Waals surface area contributed by atoms with Crippen LogP contribution in [0.4, 0.5) is 5.69 Å². The van der Waals surface area contributed by atoms with E-state index in [0.29, 0.717) is 29.8 Å². The number of hydrogen-bond donors (Lipinski definition) is 2. The van der Waals surface area contributed by atoms with Gasteiger partial charge in [0, 0.05) is 30.4 Å². The number of anilines is 1. The third kappa shape index (κ3) is 3.74. The lowest BCUT2D eigenvalue weighted by Crippen LogP contribution is -2.37. The maximum atomic E-state index is 13.0. The number of ether oxygens (including phenoxy) is 1. The Morgan fingerprint density at radius 2 is 2.13 bits per heavy atom. The molecule has 0 radical (unpaired) electrons. The summed E-state index contributed by atoms with van der Waals surface area (Å²) in [5.41, 5.74) is 1.19. The topological polar surface area (TPSA) is 126 Å². The van der Waals surface area contributed by atoms with Gasteiger partial charge in [0.1, 0.15) is 4.90 Å². The summed E-state index contributed by atoms with van der Waals surface area (Å²) < 4.78 is 33.7. The molecule has 0 saturated carbocycles. The summed E-state index contributed by atoms with van der Waals surface area (Å²) in [6.07, 6.45) is 3.14. The molecule has 2 aromatic heterocycles. The molecule has 11 heteroatoms. The van der Waals surface area contributed by atoms with E-state index in [4.69, 9.17) is 4.74 Å². The first kappa shape index (κ1) is 20.3. The number of amides is 1. The molecule has 3 aromatic rings. The predicted octanol–water partition coefficient (Wildman–Crippen LogP) is 0.864. The average molecular weight is 431 g/mol. The highest BCUT2D eigenvalue weighted by molar-refractivity contribution is 7.89. The Balaban J connectivity index is 1.49. The van der Waals surface area contributed by atoms with Gasteiger partial charge in [-0.15, -0.1) is 0 Å². The van der Waals surface area contributed by atoms with Gasteiger partial charge in [-0.1, -0.05) is 0 Å². The number of likely N-dealkylation sites (N-methyl/N-ethyl adjacent to an activating group) is 1. The standard InChI is InChI=1S/C19H21N5O5S/c1-12-5-13-8-20-22-19(13)16(6-12)30(27,28)23(2)9-17(25)21-14-3-4-24(18(26)7-14)15-10-29-11-15/h3-8,15H,9-11H2,1-2H3,(H,20,22)(H,21,25). The van der Waals surface area contributed by atoms with Crippen molar-refractivity contribution >= 4 is 32.5 Å². The molecule has 3 heterocycles. The van der Waals surface area contributed by atoms with Crippen LogP contribution in [0.3, 0.4) is 0 Å². The second-order valence-electron chi connectivity index (χ2n) is 7.26. The van der Waals surface area contributed by atoms with Crippen LogP contribution in [0.25, 0.3) is 10.9 Å². The molecule has 1 amide bonds. The molecular formula is C19H21N5O5S. The molecule has 0 aliphatic carbocycles. The maximum Gasteiger partial charge on any atom is 0.253 e. The van der Waals surface area contributed by atoms with Crippen molar-refractivity contribution in [2.24, 2.45) is 0 Å². The summed E-state index contributed by atoms with van der Waals surface area (Å²) in [5.74, 6) is -0.557. The Bertz CT molecular complexity index is 1280. The van der Waals surface area contributed by atoms with Crippen LogP contribution >= 0.6 is 0 Å². The minimum Gasteiger partial charge on any atom is -0.377 e. The fourth-order valence-electron chi connectivity index (χ4n) is 3.28. The highest BCUT2D eigenvalue weighted by atomic mass is 32.2. The van der Waals surface area contributed by atoms with Crippen molar-refractivity contribution in [2.75, 3.05) is 32.1 Å². The van der Waals surface area contributed by atoms with Crippen molar-refractivity contribution in [3.05, 3.63) is 52.6 Å². The van der Waals surface area contributed by atoms with Crippen LogP contribution < -0.4 is 10.9 Å². The summed E-state index contributed by atoms with van der Waals surface area (Å²) in [7, 11) is -2.62. The molecular weight excluding hydrogens is 410 g/mol. The van der Waals surface area contributed by atoms with Crippen molar-refractivity contribution in [2.45, 2.75) is 17.9 Å². The molecule has 1 aromatic carbocycles. The molecule has 2 N–H and O–H groups in total. The van der Waals surface area contributed by atoms with Gasteiger partial charge in [0.05, 0.1) is 37.5 Å². The zero-order valence-electron chi connectivity index (χ0n) is 16.5. The fourth-order valence-corrected chi connectivity index (χ4v) is 4.66. The van der Waals surface area contributed by atoms with Gasteiger partial charge in [-0.25, -0.2) is 8.42 Å². The fraction of sp³-hybridized carbons (Fsp3) is 0.316. The molecule has 158 valence electrons. The summed E-state index contributed by atoms with van der Waals surface area (Å²) in [6.45, 7) is 2.34. The number of rotatable bonds is 6. The molecule has 30 heavy (non-hydrogen) atoms. The van der Waals surface area contributed by atoms with Crippen LogP contribution in [-0.4, -0.2) is 60.2 Å². The van der Waals surface area contributed by atoms with Crippen molar-refractivity contribution in [3.63, 3.8) is 0 Å². The van der Waals surface area contributed by atoms with Gasteiger partial charge in [0.2, 0.25) is 15.9 Å². The molecule has 0 spiro atoms. The van der Waals surface area contributed by atoms with Crippen LogP contribution in [0.2, 0.25) is 0 Å². The Labute approximate surface area is 172 Å². The Hall–Kier alpha value is -3.02. The number of hydrogen-bond acceptors (Lipinski definition) is 6. The van der Waals surface area contributed by atoms with Gasteiger partial charge >= 0.3 is 0 Å². The molecule has 0 atom stereocenters. The highest BCUT2D eigenvalue weighted by Crippen LogP contribution is 2.25. The van der Waals surface area contributed by atoms with Crippen LogP contribution in [0.15, 0.2) is 46.3 Å². The number of aryl methyl sites for hydroxylation is 1. The monoisotopic (exact) mass is 431 g/mol. The zero-order valence-corrected chi connectivity index (χ0v) is 17.3. The van der Waals surface area contributed by atoms with Gasteiger partial charge < -0.3 is 14.6 Å². The Kier molecular flexibility index (Phi) is 5.18. The summed E-state index contributed by atoms with van der Waals surface area (Å²) >= 11 is 0. The number of aromatic nitrogens is 3. The van der Waals surface area contributed by atoms with Crippen molar-refractivity contribution in [3.8, 4) is 0 Å². The van der Waals surface area contributed by atoms with E-state index in [1.807, 2.05) is 6.07 Å². The minimum atomic E-state index is -3.95. The van der Waals surface area contributed by atoms with Gasteiger partial charge in [0.15, 0.2) is 0 Å². The maximum absolute atomic E-state index is 13.0. The minimum absolute atomic E-state index is 0.00664. The molecule has 1 aliphatic heterocycles. The number of benzene rings is 1. The number of H-pyrrole nitrogens is 1. The third-order valence-electron chi connectivity index (χ3n) is 4.96. The third-order valence-corrected chi connectivity index (χ3v) is 6.78. The number of carbonyl (C=O) groups excluding carboxylic acids is 1. The Morgan fingerprint density at radius 1 is 1.37 bits per heavy atom. The number of aromatic amines is 1. The largest absolute Gasteiger partial charge is 0.377 e. The number of carbonyl (C=O) groups is 1. The molecule has 0 bridgehead atoms. The van der Waals surface area contributed by atoms with E-state index in [1.165, 1.54) is 19.2 Å². The number of fused-ring (bicyclic) bond motifs is 1. The smallest absolute Gasteiger partial charge is 0.253 e. The summed E-state index contributed by atoms with van der Waals surface area (Å²) in [5, 5.41) is 9.84. The molecule has 4 rings (SSSR count). The van der Waals surface area contributed by atoms with Crippen LogP contribution in [-0.2, 0) is 19.6 Å². The van der Waals surface area contributed by atoms with Crippen LogP contribution in [0.5, 0.6) is 0 Å². The molecule has 1 fully saturated rings. The first-order chi connectivity index (χ1) is 14.3. The SMILES string of the molecule is Cc1cc(S(=O)(=O)N(C)CC(=O)Nc2ccn(C3COC3)c(=O)c2)c2[nH]ncc2c1. The van der Waals surface area contributed by atoms with E-state index >= 15 is 0 Å². The first-order valence-electron chi connectivity index (χ1n) is 9.25. The normalized spacial score (nSPS) is 14.8. The molecule has 10 nitrogen and oxygen atoms in total. The number of pyridine rings is 1. The van der Waals surface area contributed by atoms with E-state index in [9.17, 15) is 18.0 Å². The van der Waals surface area contributed by atoms with E-state index < -0.39 is 22.5 Å². The van der Waals surface area contributed by atoms with E-state index in [2.05, 4.69) is 15.5 Å². The van der Waals surface area contributed by atoms with Crippen molar-refractivity contribution in [1.82, 2.24) is 19.1 Å². The average Bonchev–Trinajstić information content (AvgIpc) is 3.09. The van der Waals surface area contributed by atoms with E-state index in [1.54, 1.807) is 30.0 Å². The number of nitrogens with zero attached hydrogens (tertiary/aromatic N) is 3. The Morgan fingerprint density at radius 3 is 2.80 bits per heavy atom. The quantitative estimate of drug-likeness (QED) is 0.596. The second-order valence-corrected chi connectivity index (χ2v) is 9.27. The number of nitrogens with one attached hydrogen (secondary N) is 2. The first-order valence-corrected chi connectivity index (χ1v) is 10.7. The predicted molar refractivity (Wildman–Crippen MR) is 110 cm³/mol. The molecule has 1 saturated heterocycles. The molecule has 1 aliphatic rings. The lowest BCUT2D eigenvalue weighted by molar-refractivity contribution is -0.116. The highest BCUT2D eigenvalue weighted by Gasteiger charge is 2.26. The van der Waals surface area contributed by atoms with Gasteiger partial charge in [-0.05, 0) is 30.7 Å². The summed E-state index contributed by atoms with van der Waals surface area (Å²) in [4.78, 5) is 24.7. The van der Waals surface area contributed by atoms with Crippen LogP contribution in [0.1, 0.15) is 11.6 Å². The van der Waals surface area contributed by atoms with E-state index in [0.717, 1.165) is 9.87 Å². The number of sulfonamides is 1. The van der Waals surface area contributed by atoms with E-state index in [-0.39, 0.29) is 16.5 Å². The van der Waals surface area contributed by atoms with Crippen molar-refractivity contribution < 1.29 is 17.9 Å². The zero-order chi connectivity index (χ0) is 21.5. The lowest BCUT2D eigenvalue weighted by Gasteiger charge is -2.27. The van der Waals surface area contributed by atoms with Gasteiger partial charge in [-0.3, -0.25) is 14.7 Å². The van der Waals surface area contributed by atoms with Crippen molar-refractivity contribution in [1.29, 1.82) is 0 Å². The summed E-state index contributed by atoms with van der Waals surface area (Å²) in [6, 6.07) is 6.27.